The molecule has 0 saturated carbocycles. The molecule has 54 heavy (non-hydrogen) atoms. The summed E-state index contributed by atoms with van der Waals surface area (Å²) in [7, 11) is 0. The molecule has 0 aromatic rings. The lowest BCUT2D eigenvalue weighted by Gasteiger charge is -2.40. The third kappa shape index (κ3) is 26.7. The van der Waals surface area contributed by atoms with E-state index in [2.05, 4.69) is 19.2 Å². The van der Waals surface area contributed by atoms with Crippen LogP contribution in [-0.2, 0) is 14.3 Å². The van der Waals surface area contributed by atoms with Crippen molar-refractivity contribution in [1.29, 1.82) is 0 Å². The van der Waals surface area contributed by atoms with Gasteiger partial charge >= 0.3 is 0 Å². The Balaban J connectivity index is 2.36. The topological polar surface area (TPSA) is 149 Å². The normalized spacial score (nSPS) is 21.5. The molecule has 0 spiro atoms. The number of ether oxygens (including phenoxy) is 2. The molecule has 9 nitrogen and oxygen atoms in total. The lowest BCUT2D eigenvalue weighted by molar-refractivity contribution is -0.302. The number of allylic oxidation sites excluding steroid dienone is 1. The van der Waals surface area contributed by atoms with Gasteiger partial charge in [0.2, 0.25) is 5.91 Å². The van der Waals surface area contributed by atoms with Gasteiger partial charge in [-0.1, -0.05) is 199 Å². The SMILES string of the molecule is CCCCCCCCCCCCCCC/C=C/[C@@H](O)[C@H](CO[C@H]1O[C@@H](CO)[C@H](O)C(O)C1O)NC(=O)CCCCCCCCCCCCCCCCCC. The van der Waals surface area contributed by atoms with Gasteiger partial charge in [-0.05, 0) is 19.3 Å². The van der Waals surface area contributed by atoms with Crippen molar-refractivity contribution in [1.82, 2.24) is 5.32 Å². The van der Waals surface area contributed by atoms with Crippen molar-refractivity contribution in [2.45, 2.75) is 256 Å². The van der Waals surface area contributed by atoms with Crippen LogP contribution in [0.1, 0.15) is 213 Å². The molecule has 0 radical (unpaired) electrons. The third-order valence-electron chi connectivity index (χ3n) is 11.1. The van der Waals surface area contributed by atoms with Crippen molar-refractivity contribution >= 4 is 5.91 Å². The maximum atomic E-state index is 12.9. The molecule has 9 heteroatoms. The lowest BCUT2D eigenvalue weighted by atomic mass is 9.99. The molecule has 0 aromatic heterocycles. The number of carbonyl (C=O) groups excluding carboxylic acids is 1. The number of aliphatic hydroxyl groups excluding tert-OH is 5. The second kappa shape index (κ2) is 36.3. The van der Waals surface area contributed by atoms with Gasteiger partial charge in [0.05, 0.1) is 25.4 Å². The van der Waals surface area contributed by atoms with Crippen LogP contribution in [0.25, 0.3) is 0 Å². The number of amides is 1. The molecule has 1 saturated heterocycles. The van der Waals surface area contributed by atoms with Crippen molar-refractivity contribution in [2.75, 3.05) is 13.2 Å². The van der Waals surface area contributed by atoms with Crippen molar-refractivity contribution < 1.29 is 39.8 Å². The average molecular weight is 770 g/mol. The molecular weight excluding hydrogens is 682 g/mol. The van der Waals surface area contributed by atoms with Crippen LogP contribution in [0, 0.1) is 0 Å². The highest BCUT2D eigenvalue weighted by Crippen LogP contribution is 2.23. The number of nitrogens with one attached hydrogen (secondary N) is 1. The fraction of sp³-hybridized carbons (Fsp3) is 0.933. The smallest absolute Gasteiger partial charge is 0.220 e. The molecule has 1 rings (SSSR count). The first-order valence-corrected chi connectivity index (χ1v) is 22.9. The van der Waals surface area contributed by atoms with E-state index in [-0.39, 0.29) is 12.5 Å². The molecule has 1 aliphatic rings. The minimum atomic E-state index is -1.56. The van der Waals surface area contributed by atoms with Crippen molar-refractivity contribution in [3.05, 3.63) is 12.2 Å². The summed E-state index contributed by atoms with van der Waals surface area (Å²) in [4.78, 5) is 12.9. The molecular formula is C45H87NO8. The molecule has 1 amide bonds. The summed E-state index contributed by atoms with van der Waals surface area (Å²) in [6, 6.07) is -0.797. The summed E-state index contributed by atoms with van der Waals surface area (Å²) in [6.07, 6.45) is 33.9. The van der Waals surface area contributed by atoms with E-state index in [1.807, 2.05) is 6.08 Å². The Kier molecular flexibility index (Phi) is 34.2. The predicted molar refractivity (Wildman–Crippen MR) is 221 cm³/mol. The molecule has 1 heterocycles. The van der Waals surface area contributed by atoms with Gasteiger partial charge < -0.3 is 40.3 Å². The zero-order valence-electron chi connectivity index (χ0n) is 35.0. The van der Waals surface area contributed by atoms with Crippen LogP contribution in [0.2, 0.25) is 0 Å². The van der Waals surface area contributed by atoms with Crippen molar-refractivity contribution in [3.63, 3.8) is 0 Å². The summed E-state index contributed by atoms with van der Waals surface area (Å²) < 4.78 is 11.2. The van der Waals surface area contributed by atoms with Crippen LogP contribution in [0.3, 0.4) is 0 Å². The number of unbranched alkanes of at least 4 members (excludes halogenated alkanes) is 28. The van der Waals surface area contributed by atoms with E-state index < -0.39 is 49.5 Å². The van der Waals surface area contributed by atoms with E-state index in [0.717, 1.165) is 38.5 Å². The largest absolute Gasteiger partial charge is 0.394 e. The third-order valence-corrected chi connectivity index (χ3v) is 11.1. The highest BCUT2D eigenvalue weighted by atomic mass is 16.7. The summed E-state index contributed by atoms with van der Waals surface area (Å²) in [5, 5.41) is 54.2. The summed E-state index contributed by atoms with van der Waals surface area (Å²) >= 11 is 0. The van der Waals surface area contributed by atoms with Gasteiger partial charge in [0.15, 0.2) is 6.29 Å². The second-order valence-electron chi connectivity index (χ2n) is 16.2. The maximum absolute atomic E-state index is 12.9. The van der Waals surface area contributed by atoms with Crippen LogP contribution in [-0.4, -0.2) is 87.5 Å². The zero-order valence-corrected chi connectivity index (χ0v) is 35.0. The molecule has 0 aliphatic carbocycles. The maximum Gasteiger partial charge on any atom is 0.220 e. The molecule has 1 aliphatic heterocycles. The minimum Gasteiger partial charge on any atom is -0.394 e. The van der Waals surface area contributed by atoms with Gasteiger partial charge in [-0.3, -0.25) is 4.79 Å². The Morgan fingerprint density at radius 3 is 1.44 bits per heavy atom. The van der Waals surface area contributed by atoms with E-state index in [1.165, 1.54) is 154 Å². The molecule has 6 N–H and O–H groups in total. The molecule has 2 unspecified atom stereocenters. The molecule has 0 bridgehead atoms. The first-order valence-electron chi connectivity index (χ1n) is 22.9. The average Bonchev–Trinajstić information content (AvgIpc) is 3.17. The minimum absolute atomic E-state index is 0.174. The van der Waals surface area contributed by atoms with Gasteiger partial charge in [-0.25, -0.2) is 0 Å². The molecule has 320 valence electrons. The van der Waals surface area contributed by atoms with Gasteiger partial charge in [0, 0.05) is 6.42 Å². The van der Waals surface area contributed by atoms with Gasteiger partial charge in [-0.15, -0.1) is 0 Å². The van der Waals surface area contributed by atoms with Gasteiger partial charge in [-0.2, -0.15) is 0 Å². The van der Waals surface area contributed by atoms with Crippen molar-refractivity contribution in [2.24, 2.45) is 0 Å². The number of hydrogen-bond donors (Lipinski definition) is 6. The Hall–Kier alpha value is -1.07. The standard InChI is InChI=1S/C45H87NO8/c1-3-5-7-9-11-13-15-17-19-21-23-25-27-29-31-33-35-41(49)46-38(37-53-45-44(52)43(51)42(50)40(36-47)54-45)39(48)34-32-30-28-26-24-22-20-18-16-14-12-10-8-6-4-2/h32,34,38-40,42-45,47-48,50-52H,3-31,33,35-37H2,1-2H3,(H,46,49)/b34-32+/t38-,39+,40-,42-,43?,44?,45-/m0/s1. The van der Waals surface area contributed by atoms with E-state index in [4.69, 9.17) is 9.47 Å². The van der Waals surface area contributed by atoms with Crippen LogP contribution >= 0.6 is 0 Å². The number of carbonyl (C=O) groups is 1. The van der Waals surface area contributed by atoms with Crippen LogP contribution in [0.4, 0.5) is 0 Å². The monoisotopic (exact) mass is 770 g/mol. The summed E-state index contributed by atoms with van der Waals surface area (Å²) in [6.45, 7) is 3.78. The highest BCUT2D eigenvalue weighted by molar-refractivity contribution is 5.76. The number of rotatable bonds is 38. The fourth-order valence-corrected chi connectivity index (χ4v) is 7.39. The molecule has 1 fully saturated rings. The van der Waals surface area contributed by atoms with Crippen LogP contribution < -0.4 is 5.32 Å². The van der Waals surface area contributed by atoms with E-state index in [0.29, 0.717) is 6.42 Å². The first kappa shape index (κ1) is 50.9. The lowest BCUT2D eigenvalue weighted by Crippen LogP contribution is -2.60. The van der Waals surface area contributed by atoms with Crippen LogP contribution in [0.5, 0.6) is 0 Å². The predicted octanol–water partition coefficient (Wildman–Crippen LogP) is 9.34. The Morgan fingerprint density at radius 2 is 1.02 bits per heavy atom. The Morgan fingerprint density at radius 1 is 0.611 bits per heavy atom. The fourth-order valence-electron chi connectivity index (χ4n) is 7.39. The molecule has 7 atom stereocenters. The van der Waals surface area contributed by atoms with Crippen LogP contribution in [0.15, 0.2) is 12.2 Å². The number of hydrogen-bond acceptors (Lipinski definition) is 8. The first-order chi connectivity index (χ1) is 26.3. The van der Waals surface area contributed by atoms with E-state index in [1.54, 1.807) is 6.08 Å². The molecule has 0 aromatic carbocycles. The zero-order chi connectivity index (χ0) is 39.5. The Labute approximate surface area is 331 Å². The summed E-state index contributed by atoms with van der Waals surface area (Å²) in [5.74, 6) is -0.174. The highest BCUT2D eigenvalue weighted by Gasteiger charge is 2.44. The van der Waals surface area contributed by atoms with Gasteiger partial charge in [0.1, 0.15) is 24.4 Å². The number of aliphatic hydroxyl groups is 5. The quantitative estimate of drug-likeness (QED) is 0.0269. The second-order valence-corrected chi connectivity index (χ2v) is 16.2. The van der Waals surface area contributed by atoms with E-state index >= 15 is 0 Å². The van der Waals surface area contributed by atoms with Crippen molar-refractivity contribution in [3.8, 4) is 0 Å². The van der Waals surface area contributed by atoms with Gasteiger partial charge in [0.25, 0.3) is 0 Å². The summed E-state index contributed by atoms with van der Waals surface area (Å²) in [5.41, 5.74) is 0. The van der Waals surface area contributed by atoms with E-state index in [9.17, 15) is 30.3 Å². The Bertz CT molecular complexity index is 858.